The van der Waals surface area contributed by atoms with Gasteiger partial charge in [0.25, 0.3) is 0 Å². The normalized spacial score (nSPS) is 21.0. The lowest BCUT2D eigenvalue weighted by Gasteiger charge is -2.23. The maximum Gasteiger partial charge on any atom is 0.0110 e. The number of hydrogen-bond donors (Lipinski definition) is 1. The van der Waals surface area contributed by atoms with Crippen molar-refractivity contribution in [3.05, 3.63) is 0 Å². The average Bonchev–Trinajstić information content (AvgIpc) is 2.12. The summed E-state index contributed by atoms with van der Waals surface area (Å²) in [4.78, 5) is 2.53. The number of hydrogen-bond acceptors (Lipinski definition) is 2. The predicted octanol–water partition coefficient (Wildman–Crippen LogP) is 1.11. The summed E-state index contributed by atoms with van der Waals surface area (Å²) >= 11 is 0. The molecule has 0 radical (unpaired) electrons. The first-order valence-electron chi connectivity index (χ1n) is 4.25. The van der Waals surface area contributed by atoms with E-state index in [9.17, 15) is 0 Å². The topological polar surface area (TPSA) is 15.3 Å². The lowest BCUT2D eigenvalue weighted by Crippen LogP contribution is -2.33. The van der Waals surface area contributed by atoms with Gasteiger partial charge in [-0.2, -0.15) is 0 Å². The van der Waals surface area contributed by atoms with Gasteiger partial charge in [0.15, 0.2) is 0 Å². The van der Waals surface area contributed by atoms with Gasteiger partial charge in [0, 0.05) is 19.1 Å². The summed E-state index contributed by atoms with van der Waals surface area (Å²) in [6, 6.07) is 0.722. The Balaban J connectivity index is 0.000001000. The lowest BCUT2D eigenvalue weighted by atomic mass is 10.3. The Morgan fingerprint density at radius 3 is 2.55 bits per heavy atom. The highest BCUT2D eigenvalue weighted by atomic mass is 35.5. The van der Waals surface area contributed by atoms with Crippen molar-refractivity contribution in [1.29, 1.82) is 0 Å². The molecule has 0 aliphatic carbocycles. The second kappa shape index (κ2) is 5.81. The van der Waals surface area contributed by atoms with Crippen LogP contribution in [0.25, 0.3) is 0 Å². The van der Waals surface area contributed by atoms with Gasteiger partial charge in [0.2, 0.25) is 0 Å². The molecule has 1 fully saturated rings. The molecule has 0 bridgehead atoms. The van der Waals surface area contributed by atoms with E-state index in [4.69, 9.17) is 0 Å². The van der Waals surface area contributed by atoms with E-state index in [1.807, 2.05) is 0 Å². The molecule has 1 aliphatic rings. The number of rotatable bonds is 1. The third-order valence-corrected chi connectivity index (χ3v) is 2.10. The molecule has 1 saturated heterocycles. The van der Waals surface area contributed by atoms with Crippen LogP contribution in [0.15, 0.2) is 0 Å². The van der Waals surface area contributed by atoms with Crippen molar-refractivity contribution in [3.63, 3.8) is 0 Å². The van der Waals surface area contributed by atoms with Crippen LogP contribution in [-0.4, -0.2) is 37.1 Å². The quantitative estimate of drug-likeness (QED) is 0.648. The Bertz CT molecular complexity index is 88.1. The monoisotopic (exact) mass is 178 g/mol. The first-order chi connectivity index (χ1) is 4.80. The highest BCUT2D eigenvalue weighted by Gasteiger charge is 2.10. The molecule has 1 N–H and O–H groups in total. The summed E-state index contributed by atoms with van der Waals surface area (Å²) in [6.07, 6.45) is 1.30. The van der Waals surface area contributed by atoms with Crippen LogP contribution in [0.4, 0.5) is 0 Å². The van der Waals surface area contributed by atoms with E-state index in [1.54, 1.807) is 0 Å². The van der Waals surface area contributed by atoms with E-state index in [2.05, 4.69) is 24.1 Å². The zero-order valence-electron chi connectivity index (χ0n) is 7.47. The van der Waals surface area contributed by atoms with Crippen LogP contribution >= 0.6 is 12.4 Å². The lowest BCUT2D eigenvalue weighted by molar-refractivity contribution is 0.237. The molecule has 0 aromatic heterocycles. The van der Waals surface area contributed by atoms with Gasteiger partial charge in [0.1, 0.15) is 0 Å². The third kappa shape index (κ3) is 3.94. The molecular formula is C8H19ClN2. The summed E-state index contributed by atoms with van der Waals surface area (Å²) in [5.41, 5.74) is 0. The molecule has 0 saturated carbocycles. The van der Waals surface area contributed by atoms with Crippen LogP contribution in [-0.2, 0) is 0 Å². The number of nitrogens with one attached hydrogen (secondary N) is 1. The van der Waals surface area contributed by atoms with E-state index in [-0.39, 0.29) is 12.4 Å². The van der Waals surface area contributed by atoms with Crippen molar-refractivity contribution in [2.45, 2.75) is 26.3 Å². The van der Waals surface area contributed by atoms with Crippen LogP contribution in [0.5, 0.6) is 0 Å². The molecule has 1 heterocycles. The molecule has 1 aliphatic heterocycles. The Morgan fingerprint density at radius 1 is 1.18 bits per heavy atom. The fourth-order valence-electron chi connectivity index (χ4n) is 1.38. The molecule has 0 aromatic carbocycles. The van der Waals surface area contributed by atoms with Crippen molar-refractivity contribution >= 4 is 12.4 Å². The van der Waals surface area contributed by atoms with Crippen molar-refractivity contribution in [1.82, 2.24) is 10.2 Å². The summed E-state index contributed by atoms with van der Waals surface area (Å²) in [6.45, 7) is 9.39. The van der Waals surface area contributed by atoms with Crippen LogP contribution in [0.2, 0.25) is 0 Å². The standard InChI is InChI=1S/C8H18N2.ClH/c1-8(2)10-6-3-4-9-5-7-10;/h8-9H,3-7H2,1-2H3;1H. The van der Waals surface area contributed by atoms with E-state index in [1.165, 1.54) is 26.1 Å². The van der Waals surface area contributed by atoms with Crippen molar-refractivity contribution in [2.24, 2.45) is 0 Å². The zero-order valence-corrected chi connectivity index (χ0v) is 8.28. The van der Waals surface area contributed by atoms with Gasteiger partial charge in [-0.15, -0.1) is 12.4 Å². The Kier molecular flexibility index (Phi) is 5.92. The summed E-state index contributed by atoms with van der Waals surface area (Å²) in [7, 11) is 0. The molecule has 0 spiro atoms. The molecule has 0 atom stereocenters. The van der Waals surface area contributed by atoms with Crippen molar-refractivity contribution < 1.29 is 0 Å². The fraction of sp³-hybridized carbons (Fsp3) is 1.00. The molecule has 11 heavy (non-hydrogen) atoms. The molecule has 3 heteroatoms. The highest BCUT2D eigenvalue weighted by Crippen LogP contribution is 2.00. The fourth-order valence-corrected chi connectivity index (χ4v) is 1.38. The van der Waals surface area contributed by atoms with Crippen molar-refractivity contribution in [3.8, 4) is 0 Å². The summed E-state index contributed by atoms with van der Waals surface area (Å²) in [5.74, 6) is 0. The molecule has 0 aromatic rings. The minimum atomic E-state index is 0. The van der Waals surface area contributed by atoms with E-state index in [0.29, 0.717) is 0 Å². The Morgan fingerprint density at radius 2 is 1.91 bits per heavy atom. The first kappa shape index (κ1) is 11.2. The largest absolute Gasteiger partial charge is 0.315 e. The van der Waals surface area contributed by atoms with Gasteiger partial charge in [-0.25, -0.2) is 0 Å². The molecule has 1 rings (SSSR count). The van der Waals surface area contributed by atoms with Crippen LogP contribution in [0, 0.1) is 0 Å². The molecular weight excluding hydrogens is 160 g/mol. The maximum absolute atomic E-state index is 3.39. The minimum absolute atomic E-state index is 0. The number of halogens is 1. The van der Waals surface area contributed by atoms with Crippen LogP contribution < -0.4 is 5.32 Å². The molecule has 0 amide bonds. The second-order valence-electron chi connectivity index (χ2n) is 3.23. The SMILES string of the molecule is CC(C)N1CCCNCC1.Cl. The minimum Gasteiger partial charge on any atom is -0.315 e. The van der Waals surface area contributed by atoms with Crippen molar-refractivity contribution in [2.75, 3.05) is 26.2 Å². The summed E-state index contributed by atoms with van der Waals surface area (Å²) in [5, 5.41) is 3.39. The third-order valence-electron chi connectivity index (χ3n) is 2.10. The Labute approximate surface area is 75.8 Å². The Hall–Kier alpha value is 0.210. The van der Waals surface area contributed by atoms with Gasteiger partial charge < -0.3 is 5.32 Å². The average molecular weight is 179 g/mol. The molecule has 68 valence electrons. The highest BCUT2D eigenvalue weighted by molar-refractivity contribution is 5.85. The van der Waals surface area contributed by atoms with Crippen LogP contribution in [0.1, 0.15) is 20.3 Å². The van der Waals surface area contributed by atoms with Gasteiger partial charge >= 0.3 is 0 Å². The second-order valence-corrected chi connectivity index (χ2v) is 3.23. The van der Waals surface area contributed by atoms with Gasteiger partial charge in [-0.3, -0.25) is 4.90 Å². The predicted molar refractivity (Wildman–Crippen MR) is 51.4 cm³/mol. The smallest absolute Gasteiger partial charge is 0.0110 e. The summed E-state index contributed by atoms with van der Waals surface area (Å²) < 4.78 is 0. The van der Waals surface area contributed by atoms with E-state index >= 15 is 0 Å². The first-order valence-corrected chi connectivity index (χ1v) is 4.25. The maximum atomic E-state index is 3.39. The molecule has 2 nitrogen and oxygen atoms in total. The van der Waals surface area contributed by atoms with Gasteiger partial charge in [-0.1, -0.05) is 0 Å². The zero-order chi connectivity index (χ0) is 7.40. The van der Waals surface area contributed by atoms with E-state index in [0.717, 1.165) is 12.6 Å². The molecule has 0 unspecified atom stereocenters. The van der Waals surface area contributed by atoms with E-state index < -0.39 is 0 Å². The number of nitrogens with zero attached hydrogens (tertiary/aromatic N) is 1. The van der Waals surface area contributed by atoms with Gasteiger partial charge in [0.05, 0.1) is 0 Å². The van der Waals surface area contributed by atoms with Gasteiger partial charge in [-0.05, 0) is 33.4 Å². The van der Waals surface area contributed by atoms with Crippen LogP contribution in [0.3, 0.4) is 0 Å².